The van der Waals surface area contributed by atoms with E-state index in [2.05, 4.69) is 0 Å². The topological polar surface area (TPSA) is 58.7 Å². The van der Waals surface area contributed by atoms with E-state index < -0.39 is 4.92 Å². The molecule has 1 heterocycles. The van der Waals surface area contributed by atoms with E-state index in [0.717, 1.165) is 11.3 Å². The minimum Gasteiger partial charge on any atom is -0.258 e. The molecule has 3 rings (SSSR count). The van der Waals surface area contributed by atoms with Gasteiger partial charge in [-0.25, -0.2) is 9.90 Å². The Bertz CT molecular complexity index is 569. The Kier molecular flexibility index (Phi) is 2.46. The summed E-state index contributed by atoms with van der Waals surface area (Å²) in [5.74, 6) is 0. The second-order valence-corrected chi connectivity index (χ2v) is 3.97. The van der Waals surface area contributed by atoms with Gasteiger partial charge in [0, 0.05) is 17.7 Å². The molecule has 0 radical (unpaired) electrons. The standard InChI is InChI=1S/C13H10N2O3/c16-15(17)12-8-6-10(7-9-12)13-14(18-13)11-4-2-1-3-5-11/h1-9,13H/t13-,14?/m0/s1. The molecule has 5 heteroatoms. The molecular weight excluding hydrogens is 232 g/mol. The van der Waals surface area contributed by atoms with Crippen molar-refractivity contribution < 1.29 is 9.76 Å². The first-order valence-corrected chi connectivity index (χ1v) is 5.51. The van der Waals surface area contributed by atoms with Crippen LogP contribution in [0.25, 0.3) is 0 Å². The van der Waals surface area contributed by atoms with Crippen LogP contribution in [0.5, 0.6) is 0 Å². The van der Waals surface area contributed by atoms with Crippen molar-refractivity contribution in [3.05, 3.63) is 70.3 Å². The molecule has 0 aliphatic carbocycles. The lowest BCUT2D eigenvalue weighted by Gasteiger charge is -1.99. The van der Waals surface area contributed by atoms with E-state index in [1.54, 1.807) is 17.2 Å². The number of anilines is 1. The highest BCUT2D eigenvalue weighted by atomic mass is 16.8. The molecule has 1 atom stereocenters. The molecule has 5 nitrogen and oxygen atoms in total. The van der Waals surface area contributed by atoms with E-state index >= 15 is 0 Å². The molecule has 1 saturated heterocycles. The van der Waals surface area contributed by atoms with Crippen molar-refractivity contribution in [1.82, 2.24) is 0 Å². The molecule has 1 fully saturated rings. The molecule has 0 spiro atoms. The van der Waals surface area contributed by atoms with Crippen molar-refractivity contribution in [2.24, 2.45) is 0 Å². The third kappa shape index (κ3) is 1.91. The van der Waals surface area contributed by atoms with Gasteiger partial charge in [0.2, 0.25) is 6.23 Å². The van der Waals surface area contributed by atoms with Crippen LogP contribution in [0.15, 0.2) is 54.6 Å². The van der Waals surface area contributed by atoms with Crippen LogP contribution in [0.3, 0.4) is 0 Å². The minimum absolute atomic E-state index is 0.0886. The van der Waals surface area contributed by atoms with Gasteiger partial charge in [0.1, 0.15) is 0 Å². The van der Waals surface area contributed by atoms with Crippen LogP contribution < -0.4 is 5.06 Å². The quantitative estimate of drug-likeness (QED) is 0.471. The fourth-order valence-corrected chi connectivity index (χ4v) is 1.81. The number of hydrogen-bond donors (Lipinski definition) is 0. The van der Waals surface area contributed by atoms with Gasteiger partial charge in [-0.2, -0.15) is 0 Å². The zero-order valence-electron chi connectivity index (χ0n) is 9.39. The average molecular weight is 242 g/mol. The summed E-state index contributed by atoms with van der Waals surface area (Å²) in [6.45, 7) is 0. The van der Waals surface area contributed by atoms with Gasteiger partial charge in [0.05, 0.1) is 10.6 Å². The summed E-state index contributed by atoms with van der Waals surface area (Å²) in [5.41, 5.74) is 1.97. The normalized spacial score (nSPS) is 17.6. The van der Waals surface area contributed by atoms with E-state index in [4.69, 9.17) is 4.84 Å². The third-order valence-electron chi connectivity index (χ3n) is 2.78. The van der Waals surface area contributed by atoms with Gasteiger partial charge >= 0.3 is 0 Å². The molecule has 0 saturated carbocycles. The van der Waals surface area contributed by atoms with Crippen LogP contribution in [-0.4, -0.2) is 4.92 Å². The zero-order chi connectivity index (χ0) is 12.5. The molecule has 0 amide bonds. The number of non-ortho nitro benzene ring substituents is 1. The van der Waals surface area contributed by atoms with Crippen molar-refractivity contribution >= 4 is 11.4 Å². The van der Waals surface area contributed by atoms with E-state index in [9.17, 15) is 10.1 Å². The first-order chi connectivity index (χ1) is 8.75. The highest BCUT2D eigenvalue weighted by Crippen LogP contribution is 2.41. The highest BCUT2D eigenvalue weighted by molar-refractivity contribution is 5.49. The highest BCUT2D eigenvalue weighted by Gasteiger charge is 2.38. The van der Waals surface area contributed by atoms with Crippen molar-refractivity contribution in [1.29, 1.82) is 0 Å². The lowest BCUT2D eigenvalue weighted by atomic mass is 10.2. The molecule has 18 heavy (non-hydrogen) atoms. The van der Waals surface area contributed by atoms with Crippen LogP contribution in [0.2, 0.25) is 0 Å². The molecule has 0 bridgehead atoms. The monoisotopic (exact) mass is 242 g/mol. The Morgan fingerprint density at radius 3 is 2.33 bits per heavy atom. The maximum absolute atomic E-state index is 10.5. The molecule has 90 valence electrons. The van der Waals surface area contributed by atoms with Gasteiger partial charge in [0.25, 0.3) is 5.69 Å². The summed E-state index contributed by atoms with van der Waals surface area (Å²) < 4.78 is 0. The number of hydrogen-bond acceptors (Lipinski definition) is 4. The Morgan fingerprint density at radius 2 is 1.72 bits per heavy atom. The molecule has 1 aliphatic heterocycles. The van der Waals surface area contributed by atoms with Crippen molar-refractivity contribution in [3.63, 3.8) is 0 Å². The molecule has 2 aromatic rings. The van der Waals surface area contributed by atoms with Crippen LogP contribution in [-0.2, 0) is 4.84 Å². The number of nitrogens with zero attached hydrogens (tertiary/aromatic N) is 2. The smallest absolute Gasteiger partial charge is 0.258 e. The number of nitro groups is 1. The second kappa shape index (κ2) is 4.12. The van der Waals surface area contributed by atoms with Gasteiger partial charge in [-0.05, 0) is 24.3 Å². The molecular formula is C13H10N2O3. The number of rotatable bonds is 3. The van der Waals surface area contributed by atoms with E-state index in [0.29, 0.717) is 0 Å². The zero-order valence-corrected chi connectivity index (χ0v) is 9.39. The predicted octanol–water partition coefficient (Wildman–Crippen LogP) is 3.05. The molecule has 0 unspecified atom stereocenters. The van der Waals surface area contributed by atoms with E-state index in [-0.39, 0.29) is 11.9 Å². The van der Waals surface area contributed by atoms with Gasteiger partial charge in [-0.15, -0.1) is 0 Å². The Hall–Kier alpha value is -2.40. The Balaban J connectivity index is 1.77. The fourth-order valence-electron chi connectivity index (χ4n) is 1.81. The third-order valence-corrected chi connectivity index (χ3v) is 2.78. The van der Waals surface area contributed by atoms with Crippen molar-refractivity contribution in [2.45, 2.75) is 6.23 Å². The van der Waals surface area contributed by atoms with Gasteiger partial charge in [0.15, 0.2) is 0 Å². The van der Waals surface area contributed by atoms with Gasteiger partial charge in [-0.1, -0.05) is 18.2 Å². The summed E-state index contributed by atoms with van der Waals surface area (Å²) in [6, 6.07) is 16.1. The van der Waals surface area contributed by atoms with Crippen LogP contribution in [0.1, 0.15) is 11.8 Å². The van der Waals surface area contributed by atoms with Crippen molar-refractivity contribution in [2.75, 3.05) is 5.06 Å². The van der Waals surface area contributed by atoms with Crippen LogP contribution >= 0.6 is 0 Å². The molecule has 0 N–H and O–H groups in total. The fraction of sp³-hybridized carbons (Fsp3) is 0.0769. The summed E-state index contributed by atoms with van der Waals surface area (Å²) in [4.78, 5) is 15.6. The minimum atomic E-state index is -0.410. The molecule has 0 aromatic heterocycles. The number of benzene rings is 2. The van der Waals surface area contributed by atoms with E-state index in [1.807, 2.05) is 30.3 Å². The SMILES string of the molecule is O=[N+]([O-])c1ccc([C@@H]2ON2c2ccccc2)cc1. The molecule has 2 aromatic carbocycles. The second-order valence-electron chi connectivity index (χ2n) is 3.97. The number of nitro benzene ring substituents is 1. The summed E-state index contributed by atoms with van der Waals surface area (Å²) in [6.07, 6.45) is -0.145. The summed E-state index contributed by atoms with van der Waals surface area (Å²) in [7, 11) is 0. The predicted molar refractivity (Wildman–Crippen MR) is 65.8 cm³/mol. The average Bonchev–Trinajstić information content (AvgIpc) is 3.20. The van der Waals surface area contributed by atoms with Gasteiger partial charge < -0.3 is 0 Å². The largest absolute Gasteiger partial charge is 0.269 e. The number of para-hydroxylation sites is 1. The van der Waals surface area contributed by atoms with Crippen LogP contribution in [0.4, 0.5) is 11.4 Å². The Morgan fingerprint density at radius 1 is 1.06 bits per heavy atom. The lowest BCUT2D eigenvalue weighted by molar-refractivity contribution is -0.384. The van der Waals surface area contributed by atoms with E-state index in [1.165, 1.54) is 12.1 Å². The van der Waals surface area contributed by atoms with Crippen LogP contribution in [0, 0.1) is 10.1 Å². The first-order valence-electron chi connectivity index (χ1n) is 5.51. The molecule has 1 aliphatic rings. The maximum atomic E-state index is 10.5. The summed E-state index contributed by atoms with van der Waals surface area (Å²) in [5, 5.41) is 12.3. The summed E-state index contributed by atoms with van der Waals surface area (Å²) >= 11 is 0. The van der Waals surface area contributed by atoms with Crippen molar-refractivity contribution in [3.8, 4) is 0 Å². The first kappa shape index (κ1) is 10.7. The lowest BCUT2D eigenvalue weighted by Crippen LogP contribution is -1.94. The number of hydroxylamine groups is 1. The van der Waals surface area contributed by atoms with Gasteiger partial charge in [-0.3, -0.25) is 10.1 Å². The maximum Gasteiger partial charge on any atom is 0.269 e. The Labute approximate surface area is 103 Å².